The number of hydrogen-bond donors (Lipinski definition) is 1. The molecule has 228 valence electrons. The van der Waals surface area contributed by atoms with E-state index in [0.717, 1.165) is 42.6 Å². The smallest absolute Gasteiger partial charge is 0.466 e. The number of imidazole rings is 1. The number of halogens is 6. The maximum absolute atomic E-state index is 13.0. The maximum Gasteiger partial charge on any atom is 0.673 e. The summed E-state index contributed by atoms with van der Waals surface area (Å²) < 4.78 is 50.8. The Morgan fingerprint density at radius 3 is 1.91 bits per heavy atom. The minimum Gasteiger partial charge on any atom is -0.466 e. The van der Waals surface area contributed by atoms with E-state index in [1.165, 1.54) is 7.11 Å². The number of ether oxygens (including phenoxy) is 1. The summed E-state index contributed by atoms with van der Waals surface area (Å²) in [4.78, 5) is 13.0. The molecule has 5 nitrogen and oxygen atoms in total. The lowest BCUT2D eigenvalue weighted by Crippen LogP contribution is -2.40. The Bertz CT molecular complexity index is 1670. The molecule has 44 heavy (non-hydrogen) atoms. The molecule has 0 saturated carbocycles. The Hall–Kier alpha value is -3.90. The predicted octanol–water partition coefficient (Wildman–Crippen LogP) is 8.87. The number of esters is 1. The molecule has 1 aromatic heterocycles. The Morgan fingerprint density at radius 2 is 1.34 bits per heavy atom. The van der Waals surface area contributed by atoms with E-state index < -0.39 is 7.25 Å². The molecule has 0 fully saturated rings. The van der Waals surface area contributed by atoms with Crippen LogP contribution in [-0.4, -0.2) is 24.9 Å². The molecule has 0 aliphatic heterocycles. The van der Waals surface area contributed by atoms with Crippen LogP contribution in [0.2, 0.25) is 0 Å². The lowest BCUT2D eigenvalue weighted by atomic mass is 10.1. The van der Waals surface area contributed by atoms with Crippen LogP contribution in [0.4, 0.5) is 23.0 Å². The van der Waals surface area contributed by atoms with Crippen molar-refractivity contribution in [3.63, 3.8) is 0 Å². The molecule has 1 heterocycles. The molecule has 12 heteroatoms. The molecule has 0 spiro atoms. The number of anilines is 1. The monoisotopic (exact) mass is 731 g/mol. The summed E-state index contributed by atoms with van der Waals surface area (Å²) in [5.74, 6) is 0.498. The summed E-state index contributed by atoms with van der Waals surface area (Å²) in [5, 5.41) is 3.56. The molecule has 0 unspecified atom stereocenters. The third-order valence-corrected chi connectivity index (χ3v) is 7.67. The molecule has 0 atom stereocenters. The number of aromatic nitrogens is 2. The number of hydrogen-bond acceptors (Lipinski definition) is 3. The lowest BCUT2D eigenvalue weighted by Gasteiger charge is -2.15. The van der Waals surface area contributed by atoms with E-state index in [9.17, 15) is 22.1 Å². The Balaban J connectivity index is 0.000000818. The van der Waals surface area contributed by atoms with Gasteiger partial charge in [0.1, 0.15) is 18.8 Å². The van der Waals surface area contributed by atoms with Crippen molar-refractivity contribution in [1.82, 2.24) is 4.57 Å². The van der Waals surface area contributed by atoms with Crippen LogP contribution in [0.3, 0.4) is 0 Å². The first-order chi connectivity index (χ1) is 20.9. The molecule has 5 rings (SSSR count). The van der Waals surface area contributed by atoms with E-state index in [4.69, 9.17) is 4.74 Å². The van der Waals surface area contributed by atoms with Crippen LogP contribution in [0.15, 0.2) is 118 Å². The summed E-state index contributed by atoms with van der Waals surface area (Å²) in [5.41, 5.74) is 6.49. The summed E-state index contributed by atoms with van der Waals surface area (Å²) >= 11 is 7.10. The quantitative estimate of drug-likeness (QED) is 0.0571. The fraction of sp³-hybridized carbons (Fsp3) is 0.125. The number of methoxy groups -OCH3 is 1. The molecule has 0 bridgehead atoms. The Morgan fingerprint density at radius 1 is 0.818 bits per heavy atom. The minimum absolute atomic E-state index is 0.385. The van der Waals surface area contributed by atoms with Crippen LogP contribution in [-0.2, 0) is 22.6 Å². The molecule has 0 aliphatic rings. The van der Waals surface area contributed by atoms with Crippen LogP contribution in [0.5, 0.6) is 0 Å². The minimum atomic E-state index is -6.00. The second-order valence-corrected chi connectivity index (χ2v) is 11.5. The van der Waals surface area contributed by atoms with Crippen LogP contribution >= 0.6 is 31.9 Å². The highest BCUT2D eigenvalue weighted by Crippen LogP contribution is 2.27. The molecular formula is C32H28BBr2F4N3O2. The van der Waals surface area contributed by atoms with Gasteiger partial charge >= 0.3 is 19.0 Å². The molecule has 0 aliphatic carbocycles. The van der Waals surface area contributed by atoms with E-state index in [1.54, 1.807) is 0 Å². The highest BCUT2D eigenvalue weighted by atomic mass is 79.9. The van der Waals surface area contributed by atoms with E-state index in [0.29, 0.717) is 24.4 Å². The molecule has 5 aromatic rings. The summed E-state index contributed by atoms with van der Waals surface area (Å²) in [6.45, 7) is 3.04. The first-order valence-electron chi connectivity index (χ1n) is 13.4. The normalized spacial score (nSPS) is 11.8. The number of para-hydroxylation sites is 3. The first kappa shape index (κ1) is 33.0. The van der Waals surface area contributed by atoms with Crippen molar-refractivity contribution in [2.75, 3.05) is 12.4 Å². The second-order valence-electron chi connectivity index (χ2n) is 9.72. The third kappa shape index (κ3) is 8.82. The highest BCUT2D eigenvalue weighted by Gasteiger charge is 2.31. The Kier molecular flexibility index (Phi) is 11.0. The van der Waals surface area contributed by atoms with E-state index in [2.05, 4.69) is 119 Å². The average Bonchev–Trinajstić information content (AvgIpc) is 3.29. The van der Waals surface area contributed by atoms with Gasteiger partial charge in [0.15, 0.2) is 11.0 Å². The Labute approximate surface area is 269 Å². The number of benzene rings is 4. The van der Waals surface area contributed by atoms with Crippen LogP contribution in [0, 0.1) is 0 Å². The van der Waals surface area contributed by atoms with Crippen molar-refractivity contribution in [1.29, 1.82) is 0 Å². The van der Waals surface area contributed by atoms with Crippen LogP contribution in [0.1, 0.15) is 23.9 Å². The van der Waals surface area contributed by atoms with Gasteiger partial charge < -0.3 is 27.3 Å². The topological polar surface area (TPSA) is 47.1 Å². The molecule has 0 amide bonds. The van der Waals surface area contributed by atoms with Gasteiger partial charge in [-0.05, 0) is 66.6 Å². The molecule has 0 radical (unpaired) electrons. The number of fused-ring (bicyclic) bond motifs is 1. The van der Waals surface area contributed by atoms with Crippen LogP contribution in [0.25, 0.3) is 16.7 Å². The molecule has 0 saturated heterocycles. The van der Waals surface area contributed by atoms with Crippen molar-refractivity contribution in [2.24, 2.45) is 0 Å². The first-order valence-corrected chi connectivity index (χ1v) is 15.0. The van der Waals surface area contributed by atoms with Gasteiger partial charge in [-0.15, -0.1) is 0 Å². The van der Waals surface area contributed by atoms with Crippen molar-refractivity contribution in [2.45, 2.75) is 20.0 Å². The van der Waals surface area contributed by atoms with Gasteiger partial charge in [-0.25, -0.2) is 13.9 Å². The summed E-state index contributed by atoms with van der Waals surface area (Å²) in [6.07, 6.45) is 0. The number of nitrogens with one attached hydrogen (secondary N) is 1. The van der Waals surface area contributed by atoms with Gasteiger partial charge in [0, 0.05) is 14.6 Å². The van der Waals surface area contributed by atoms with Crippen molar-refractivity contribution >= 4 is 67.5 Å². The number of nitrogens with zero attached hydrogens (tertiary/aromatic N) is 2. The number of carbonyl (C=O) groups excluding carboxylic acids is 1. The van der Waals surface area contributed by atoms with Crippen molar-refractivity contribution in [3.05, 3.63) is 135 Å². The molecule has 4 aromatic carbocycles. The number of carbonyl (C=O) groups is 1. The highest BCUT2D eigenvalue weighted by molar-refractivity contribution is 9.10. The summed E-state index contributed by atoms with van der Waals surface area (Å²) in [7, 11) is -4.58. The van der Waals surface area contributed by atoms with Crippen LogP contribution < -0.4 is 9.88 Å². The second kappa shape index (κ2) is 14.7. The fourth-order valence-electron chi connectivity index (χ4n) is 4.67. The van der Waals surface area contributed by atoms with Gasteiger partial charge in [0.25, 0.3) is 0 Å². The predicted molar refractivity (Wildman–Crippen MR) is 173 cm³/mol. The number of rotatable bonds is 8. The fourth-order valence-corrected chi connectivity index (χ4v) is 5.20. The largest absolute Gasteiger partial charge is 0.673 e. The molecular weight excluding hydrogens is 705 g/mol. The van der Waals surface area contributed by atoms with Gasteiger partial charge in [-0.2, -0.15) is 0 Å². The van der Waals surface area contributed by atoms with Gasteiger partial charge in [-0.3, -0.25) is 0 Å². The van der Waals surface area contributed by atoms with Crippen molar-refractivity contribution < 1.29 is 31.4 Å². The lowest BCUT2D eigenvalue weighted by molar-refractivity contribution is -0.665. The van der Waals surface area contributed by atoms with Gasteiger partial charge in [0.05, 0.1) is 12.7 Å². The zero-order valence-electron chi connectivity index (χ0n) is 23.8. The zero-order chi connectivity index (χ0) is 31.9. The average molecular weight is 733 g/mol. The standard InChI is InChI=1S/C32H27Br2N3O2.BF4/c1-22(32(38)39-2)30(35-27-8-4-3-5-9-27)31-36(20-23-12-16-25(33)17-13-23)28-10-6-7-11-29(28)37(31)21-24-14-18-26(34)19-15-24;2-1(3,4)5/h3-19H,20-21H2,1-2H3;/q;-1/p+1. The van der Waals surface area contributed by atoms with E-state index in [-0.39, 0.29) is 5.97 Å². The van der Waals surface area contributed by atoms with Gasteiger partial charge in [0.2, 0.25) is 0 Å². The molecule has 1 N–H and O–H groups in total. The SMILES string of the molecule is COC(=O)/C(C)=C(/Nc1ccccc1)c1n(Cc2ccc(Br)cc2)c2ccccc2[n+]1Cc1ccc(Br)cc1.F[B-](F)(F)F. The maximum atomic E-state index is 13.0. The van der Waals surface area contributed by atoms with E-state index >= 15 is 0 Å². The summed E-state index contributed by atoms with van der Waals surface area (Å²) in [6, 6.07) is 34.9. The zero-order valence-corrected chi connectivity index (χ0v) is 27.0. The van der Waals surface area contributed by atoms with Gasteiger partial charge in [-0.1, -0.05) is 86.5 Å². The van der Waals surface area contributed by atoms with Crippen molar-refractivity contribution in [3.8, 4) is 0 Å². The third-order valence-electron chi connectivity index (χ3n) is 6.62. The van der Waals surface area contributed by atoms with E-state index in [1.807, 2.05) is 37.3 Å².